The van der Waals surface area contributed by atoms with Crippen LogP contribution in [0.1, 0.15) is 31.1 Å². The van der Waals surface area contributed by atoms with Crippen molar-refractivity contribution in [2.24, 2.45) is 5.41 Å². The van der Waals surface area contributed by atoms with Gasteiger partial charge >= 0.3 is 0 Å². The van der Waals surface area contributed by atoms with Gasteiger partial charge in [-0.3, -0.25) is 9.59 Å². The fraction of sp³-hybridized carbons (Fsp3) is 0.500. The first-order valence-electron chi connectivity index (χ1n) is 7.51. The van der Waals surface area contributed by atoms with Gasteiger partial charge in [0.2, 0.25) is 5.91 Å². The minimum atomic E-state index is -1.44. The molecule has 1 rings (SSSR count). The van der Waals surface area contributed by atoms with E-state index in [9.17, 15) is 23.5 Å². The van der Waals surface area contributed by atoms with Crippen molar-refractivity contribution in [3.63, 3.8) is 0 Å². The summed E-state index contributed by atoms with van der Waals surface area (Å²) in [6, 6.07) is 0.779. The minimum absolute atomic E-state index is 0.0420. The van der Waals surface area contributed by atoms with E-state index in [2.05, 4.69) is 10.6 Å². The predicted molar refractivity (Wildman–Crippen MR) is 88.2 cm³/mol. The highest BCUT2D eigenvalue weighted by atomic mass is 35.5. The molecule has 9 heteroatoms. The molecule has 1 aromatic rings. The Morgan fingerprint density at radius 3 is 2.44 bits per heavy atom. The monoisotopic (exact) mass is 378 g/mol. The molecule has 4 N–H and O–H groups in total. The maximum atomic E-state index is 13.6. The number of aliphatic hydroxyl groups is 2. The van der Waals surface area contributed by atoms with Gasteiger partial charge < -0.3 is 20.8 Å². The summed E-state index contributed by atoms with van der Waals surface area (Å²) in [7, 11) is 0. The number of carbonyl (C=O) groups excluding carboxylic acids is 2. The van der Waals surface area contributed by atoms with Gasteiger partial charge in [0, 0.05) is 24.1 Å². The summed E-state index contributed by atoms with van der Waals surface area (Å²) in [4.78, 5) is 23.8. The normalized spacial score (nSPS) is 13.9. The van der Waals surface area contributed by atoms with E-state index in [0.29, 0.717) is 6.07 Å². The van der Waals surface area contributed by atoms with E-state index in [1.807, 2.05) is 0 Å². The van der Waals surface area contributed by atoms with Crippen LogP contribution in [0, 0.1) is 17.0 Å². The molecule has 140 valence electrons. The van der Waals surface area contributed by atoms with Crippen LogP contribution in [0.15, 0.2) is 12.1 Å². The Bertz CT molecular complexity index is 655. The SMILES string of the molecule is C[C@@H](CNC(=O)[C@H](O)C(C)(C)CO)NC(=O)c1cc(Cl)c(F)cc1F. The zero-order chi connectivity index (χ0) is 19.4. The molecule has 25 heavy (non-hydrogen) atoms. The first kappa shape index (κ1) is 21.3. The number of amides is 2. The van der Waals surface area contributed by atoms with Gasteiger partial charge in [0.15, 0.2) is 0 Å². The van der Waals surface area contributed by atoms with Gasteiger partial charge in [-0.25, -0.2) is 8.78 Å². The van der Waals surface area contributed by atoms with Gasteiger partial charge in [0.25, 0.3) is 5.91 Å². The molecule has 0 radical (unpaired) electrons. The van der Waals surface area contributed by atoms with Crippen LogP contribution >= 0.6 is 11.6 Å². The van der Waals surface area contributed by atoms with Crippen molar-refractivity contribution < 1.29 is 28.6 Å². The molecular formula is C16H21ClF2N2O4. The van der Waals surface area contributed by atoms with Gasteiger partial charge in [-0.15, -0.1) is 0 Å². The van der Waals surface area contributed by atoms with Crippen molar-refractivity contribution >= 4 is 23.4 Å². The second-order valence-corrected chi connectivity index (χ2v) is 6.82. The number of hydrogen-bond acceptors (Lipinski definition) is 4. The lowest BCUT2D eigenvalue weighted by molar-refractivity contribution is -0.137. The quantitative estimate of drug-likeness (QED) is 0.536. The van der Waals surface area contributed by atoms with Crippen molar-refractivity contribution in [1.82, 2.24) is 10.6 Å². The highest BCUT2D eigenvalue weighted by Gasteiger charge is 2.33. The Balaban J connectivity index is 2.63. The molecule has 2 amide bonds. The van der Waals surface area contributed by atoms with Crippen LogP contribution in [0.3, 0.4) is 0 Å². The fourth-order valence-electron chi connectivity index (χ4n) is 1.84. The van der Waals surface area contributed by atoms with Crippen LogP contribution in [0.4, 0.5) is 8.78 Å². The van der Waals surface area contributed by atoms with Crippen molar-refractivity contribution in [1.29, 1.82) is 0 Å². The van der Waals surface area contributed by atoms with Crippen LogP contribution in [-0.4, -0.2) is 47.3 Å². The molecule has 0 bridgehead atoms. The van der Waals surface area contributed by atoms with Gasteiger partial charge in [-0.1, -0.05) is 25.4 Å². The van der Waals surface area contributed by atoms with E-state index in [4.69, 9.17) is 16.7 Å². The van der Waals surface area contributed by atoms with Crippen LogP contribution < -0.4 is 10.6 Å². The molecule has 0 saturated heterocycles. The highest BCUT2D eigenvalue weighted by molar-refractivity contribution is 6.31. The summed E-state index contributed by atoms with van der Waals surface area (Å²) in [5.41, 5.74) is -1.45. The van der Waals surface area contributed by atoms with Crippen molar-refractivity contribution in [2.75, 3.05) is 13.2 Å². The highest BCUT2D eigenvalue weighted by Crippen LogP contribution is 2.20. The van der Waals surface area contributed by atoms with Crippen molar-refractivity contribution in [2.45, 2.75) is 32.9 Å². The smallest absolute Gasteiger partial charge is 0.254 e. The topological polar surface area (TPSA) is 98.7 Å². The number of nitrogens with one attached hydrogen (secondary N) is 2. The summed E-state index contributed by atoms with van der Waals surface area (Å²) >= 11 is 5.53. The van der Waals surface area contributed by atoms with Crippen LogP contribution in [0.2, 0.25) is 5.02 Å². The summed E-state index contributed by atoms with van der Waals surface area (Å²) in [6.07, 6.45) is -1.44. The Morgan fingerprint density at radius 2 is 1.88 bits per heavy atom. The molecule has 0 spiro atoms. The zero-order valence-corrected chi connectivity index (χ0v) is 14.8. The van der Waals surface area contributed by atoms with Gasteiger partial charge in [-0.2, -0.15) is 0 Å². The lowest BCUT2D eigenvalue weighted by Gasteiger charge is -2.27. The zero-order valence-electron chi connectivity index (χ0n) is 14.1. The number of rotatable bonds is 7. The van der Waals surface area contributed by atoms with E-state index < -0.39 is 53.2 Å². The maximum absolute atomic E-state index is 13.6. The second-order valence-electron chi connectivity index (χ2n) is 6.42. The molecule has 1 aromatic carbocycles. The molecule has 0 heterocycles. The Morgan fingerprint density at radius 1 is 1.28 bits per heavy atom. The van der Waals surface area contributed by atoms with Crippen molar-refractivity contribution in [3.8, 4) is 0 Å². The lowest BCUT2D eigenvalue weighted by atomic mass is 9.87. The number of halogens is 3. The molecule has 0 fully saturated rings. The molecule has 0 aliphatic carbocycles. The Kier molecular flexibility index (Phi) is 7.28. The first-order valence-corrected chi connectivity index (χ1v) is 7.89. The number of carbonyl (C=O) groups is 2. The van der Waals surface area contributed by atoms with Crippen LogP contribution in [-0.2, 0) is 4.79 Å². The van der Waals surface area contributed by atoms with Gasteiger partial charge in [0.05, 0.1) is 17.2 Å². The largest absolute Gasteiger partial charge is 0.396 e. The minimum Gasteiger partial charge on any atom is -0.396 e. The van der Waals surface area contributed by atoms with E-state index in [-0.39, 0.29) is 11.6 Å². The average molecular weight is 379 g/mol. The Labute approximate surface area is 149 Å². The third kappa shape index (κ3) is 5.62. The fourth-order valence-corrected chi connectivity index (χ4v) is 2.00. The first-order chi connectivity index (χ1) is 11.5. The molecule has 0 saturated carbocycles. The number of hydrogen-bond donors (Lipinski definition) is 4. The molecule has 0 unspecified atom stereocenters. The number of aliphatic hydroxyl groups excluding tert-OH is 2. The van der Waals surface area contributed by atoms with E-state index >= 15 is 0 Å². The molecule has 6 nitrogen and oxygen atoms in total. The van der Waals surface area contributed by atoms with Crippen LogP contribution in [0.25, 0.3) is 0 Å². The lowest BCUT2D eigenvalue weighted by Crippen LogP contribution is -2.49. The Hall–Kier alpha value is -1.77. The van der Waals surface area contributed by atoms with Crippen molar-refractivity contribution in [3.05, 3.63) is 34.4 Å². The third-order valence-electron chi connectivity index (χ3n) is 3.61. The van der Waals surface area contributed by atoms with E-state index in [0.717, 1.165) is 6.07 Å². The molecular weight excluding hydrogens is 358 g/mol. The van der Waals surface area contributed by atoms with Gasteiger partial charge in [-0.05, 0) is 13.0 Å². The summed E-state index contributed by atoms with van der Waals surface area (Å²) in [5, 5.41) is 23.4. The predicted octanol–water partition coefficient (Wildman–Crippen LogP) is 1.23. The number of benzene rings is 1. The summed E-state index contributed by atoms with van der Waals surface area (Å²) < 4.78 is 26.7. The molecule has 0 aliphatic heterocycles. The molecule has 2 atom stereocenters. The summed E-state index contributed by atoms with van der Waals surface area (Å²) in [6.45, 7) is 4.15. The maximum Gasteiger partial charge on any atom is 0.254 e. The molecule has 0 aliphatic rings. The van der Waals surface area contributed by atoms with E-state index in [1.165, 1.54) is 13.8 Å². The second kappa shape index (κ2) is 8.55. The molecule has 0 aromatic heterocycles. The summed E-state index contributed by atoms with van der Waals surface area (Å²) in [5.74, 6) is -3.57. The average Bonchev–Trinajstić information content (AvgIpc) is 2.54. The third-order valence-corrected chi connectivity index (χ3v) is 3.90. The van der Waals surface area contributed by atoms with Gasteiger partial charge in [0.1, 0.15) is 17.7 Å². The van der Waals surface area contributed by atoms with E-state index in [1.54, 1.807) is 6.92 Å². The standard InChI is InChI=1S/C16H21ClF2N2O4/c1-8(6-20-15(25)13(23)16(2,3)7-22)21-14(24)9-4-10(17)12(19)5-11(9)18/h4-5,8,13,22-23H,6-7H2,1-3H3,(H,20,25)(H,21,24)/t8-,13-/m0/s1. The van der Waals surface area contributed by atoms with Crippen LogP contribution in [0.5, 0.6) is 0 Å².